The smallest absolute Gasteiger partial charge is 0.160 e. The summed E-state index contributed by atoms with van der Waals surface area (Å²) in [6.45, 7) is 4.55. The molecule has 6 rings (SSSR count). The van der Waals surface area contributed by atoms with E-state index in [1.54, 1.807) is 6.20 Å². The van der Waals surface area contributed by atoms with Crippen LogP contribution in [0.5, 0.6) is 0 Å². The molecular weight excluding hydrogens is 430 g/mol. The van der Waals surface area contributed by atoms with Crippen LogP contribution in [0, 0.1) is 13.8 Å². The van der Waals surface area contributed by atoms with Gasteiger partial charge in [0.15, 0.2) is 5.60 Å². The van der Waals surface area contributed by atoms with Gasteiger partial charge in [-0.15, -0.1) is 0 Å². The van der Waals surface area contributed by atoms with E-state index in [0.717, 1.165) is 67.6 Å². The first-order chi connectivity index (χ1) is 15.1. The van der Waals surface area contributed by atoms with Gasteiger partial charge in [-0.1, -0.05) is 11.2 Å². The molecule has 0 spiro atoms. The molecular formula is C22H21N5O2S2. The number of aliphatic hydroxyl groups is 1. The second-order valence-electron chi connectivity index (χ2n) is 8.12. The highest BCUT2D eigenvalue weighted by atomic mass is 32.2. The maximum atomic E-state index is 12.3. The maximum absolute atomic E-state index is 12.3. The van der Waals surface area contributed by atoms with Crippen molar-refractivity contribution in [1.29, 1.82) is 0 Å². The third kappa shape index (κ3) is 2.99. The van der Waals surface area contributed by atoms with Crippen LogP contribution >= 0.6 is 23.5 Å². The molecule has 1 aromatic carbocycles. The Morgan fingerprint density at radius 1 is 1.26 bits per heavy atom. The zero-order chi connectivity index (χ0) is 21.2. The average Bonchev–Trinajstić information content (AvgIpc) is 3.24. The molecule has 1 aliphatic heterocycles. The van der Waals surface area contributed by atoms with Crippen molar-refractivity contribution >= 4 is 34.5 Å². The van der Waals surface area contributed by atoms with E-state index >= 15 is 0 Å². The van der Waals surface area contributed by atoms with Crippen molar-refractivity contribution in [2.24, 2.45) is 0 Å². The molecule has 3 N–H and O–H groups in total. The average molecular weight is 452 g/mol. The number of H-pyrrole nitrogens is 1. The van der Waals surface area contributed by atoms with Gasteiger partial charge >= 0.3 is 0 Å². The Morgan fingerprint density at radius 3 is 2.77 bits per heavy atom. The Morgan fingerprint density at radius 2 is 2.13 bits per heavy atom. The molecule has 0 amide bonds. The lowest BCUT2D eigenvalue weighted by Crippen LogP contribution is -2.28. The molecule has 1 unspecified atom stereocenters. The fourth-order valence-corrected chi connectivity index (χ4v) is 5.94. The number of hydrogen-bond acceptors (Lipinski definition) is 8. The van der Waals surface area contributed by atoms with E-state index in [9.17, 15) is 5.11 Å². The van der Waals surface area contributed by atoms with Crippen LogP contribution in [0.4, 0.5) is 0 Å². The van der Waals surface area contributed by atoms with Gasteiger partial charge in [-0.05, 0) is 73.9 Å². The molecule has 9 heteroatoms. The van der Waals surface area contributed by atoms with Gasteiger partial charge in [-0.3, -0.25) is 4.72 Å². The highest BCUT2D eigenvalue weighted by Gasteiger charge is 2.42. The van der Waals surface area contributed by atoms with Crippen LogP contribution in [0.1, 0.15) is 46.5 Å². The summed E-state index contributed by atoms with van der Waals surface area (Å²) in [5, 5.41) is 16.5. The summed E-state index contributed by atoms with van der Waals surface area (Å²) in [6.07, 6.45) is 6.06. The number of aromatic nitrogens is 4. The van der Waals surface area contributed by atoms with Crippen LogP contribution < -0.4 is 4.72 Å². The fourth-order valence-electron chi connectivity index (χ4n) is 4.31. The quantitative estimate of drug-likeness (QED) is 0.383. The second-order valence-corrected chi connectivity index (χ2v) is 9.89. The van der Waals surface area contributed by atoms with E-state index < -0.39 is 5.60 Å². The minimum Gasteiger partial charge on any atom is -0.374 e. The molecule has 3 aromatic heterocycles. The number of aryl methyl sites for hydroxylation is 2. The molecule has 1 saturated carbocycles. The molecule has 158 valence electrons. The lowest BCUT2D eigenvalue weighted by atomic mass is 9.87. The van der Waals surface area contributed by atoms with Crippen molar-refractivity contribution in [3.63, 3.8) is 0 Å². The Labute approximate surface area is 187 Å². The largest absolute Gasteiger partial charge is 0.374 e. The van der Waals surface area contributed by atoms with Crippen molar-refractivity contribution in [2.45, 2.75) is 38.2 Å². The van der Waals surface area contributed by atoms with Gasteiger partial charge in [0.25, 0.3) is 0 Å². The molecule has 7 nitrogen and oxygen atoms in total. The maximum Gasteiger partial charge on any atom is 0.160 e. The van der Waals surface area contributed by atoms with Crippen molar-refractivity contribution in [1.82, 2.24) is 24.2 Å². The first kappa shape index (κ1) is 19.2. The molecule has 0 saturated heterocycles. The molecule has 0 radical (unpaired) electrons. The number of aromatic amines is 1. The van der Waals surface area contributed by atoms with Crippen LogP contribution in [0.25, 0.3) is 22.2 Å². The third-order valence-corrected chi connectivity index (χ3v) is 7.83. The molecule has 1 atom stereocenters. The van der Waals surface area contributed by atoms with E-state index in [0.29, 0.717) is 12.5 Å². The number of nitrogens with zero attached hydrogens (tertiary/aromatic N) is 3. The van der Waals surface area contributed by atoms with E-state index in [1.165, 1.54) is 23.5 Å². The molecule has 0 bridgehead atoms. The summed E-state index contributed by atoms with van der Waals surface area (Å²) in [5.74, 6) is 2.22. The molecule has 4 heterocycles. The summed E-state index contributed by atoms with van der Waals surface area (Å²) in [6, 6.07) is 6.00. The summed E-state index contributed by atoms with van der Waals surface area (Å²) in [4.78, 5) is 10.1. The predicted octanol–water partition coefficient (Wildman–Crippen LogP) is 4.54. The van der Waals surface area contributed by atoms with Crippen molar-refractivity contribution < 1.29 is 9.63 Å². The van der Waals surface area contributed by atoms with Crippen molar-refractivity contribution in [3.05, 3.63) is 63.1 Å². The topological polar surface area (TPSA) is 99.9 Å². The molecule has 1 fully saturated rings. The monoisotopic (exact) mass is 451 g/mol. The van der Waals surface area contributed by atoms with Crippen molar-refractivity contribution in [3.8, 4) is 11.1 Å². The van der Waals surface area contributed by atoms with E-state index in [-0.39, 0.29) is 0 Å². The summed E-state index contributed by atoms with van der Waals surface area (Å²) < 4.78 is 13.0. The van der Waals surface area contributed by atoms with Gasteiger partial charge in [-0.25, -0.2) is 9.36 Å². The molecule has 1 aliphatic carbocycles. The zero-order valence-electron chi connectivity index (χ0n) is 17.1. The summed E-state index contributed by atoms with van der Waals surface area (Å²) in [7, 11) is 0. The Balaban J connectivity index is 1.67. The molecule has 31 heavy (non-hydrogen) atoms. The number of nitrogens with one attached hydrogen (secondary N) is 2. The van der Waals surface area contributed by atoms with Gasteiger partial charge < -0.3 is 14.6 Å². The Hall–Kier alpha value is -2.46. The second kappa shape index (κ2) is 7.03. The normalized spacial score (nSPS) is 18.5. The minimum atomic E-state index is -1.35. The van der Waals surface area contributed by atoms with Gasteiger partial charge in [0.1, 0.15) is 11.6 Å². The first-order valence-corrected chi connectivity index (χ1v) is 11.9. The first-order valence-electron chi connectivity index (χ1n) is 10.3. The zero-order valence-corrected chi connectivity index (χ0v) is 18.7. The van der Waals surface area contributed by atoms with E-state index in [1.807, 2.05) is 32.1 Å². The Bertz CT molecular complexity index is 1300. The van der Waals surface area contributed by atoms with Gasteiger partial charge in [0.05, 0.1) is 21.6 Å². The lowest BCUT2D eigenvalue weighted by Gasteiger charge is -2.28. The fraction of sp³-hybridized carbons (Fsp3) is 0.318. The van der Waals surface area contributed by atoms with Gasteiger partial charge in [-0.2, -0.15) is 0 Å². The van der Waals surface area contributed by atoms with Crippen molar-refractivity contribution in [2.75, 3.05) is 6.54 Å². The highest BCUT2D eigenvalue weighted by Crippen LogP contribution is 2.48. The van der Waals surface area contributed by atoms with Crippen LogP contribution in [-0.2, 0) is 5.60 Å². The number of benzene rings is 1. The Kier molecular flexibility index (Phi) is 4.36. The molecule has 2 aliphatic rings. The minimum absolute atomic E-state index is 0.473. The van der Waals surface area contributed by atoms with Crippen LogP contribution in [-0.4, -0.2) is 31.1 Å². The lowest BCUT2D eigenvalue weighted by molar-refractivity contribution is 0.136. The van der Waals surface area contributed by atoms with Crippen LogP contribution in [0.3, 0.4) is 0 Å². The standard InChI is InChI=1S/C22H21N5O2S2/c1-11-19(12(2)29-27-11)14-9-15(20-16(10-14)25-21(26-20)13-3-4-13)22(28,17-5-7-23-30-17)18-6-8-24-31-18/h5-7,9-10,13,24,28H,3-4,8H2,1-2H3,(H,25,26). The SMILES string of the molecule is Cc1noc(C)c1-c1cc(C(O)(C2=CCNS2)c2ccns2)c2nc(C3CC3)[nH]c2c1. The van der Waals surface area contributed by atoms with Crippen LogP contribution in [0.2, 0.25) is 0 Å². The van der Waals surface area contributed by atoms with Gasteiger partial charge in [0.2, 0.25) is 0 Å². The van der Waals surface area contributed by atoms with Gasteiger partial charge in [0, 0.05) is 34.7 Å². The number of imidazole rings is 1. The van der Waals surface area contributed by atoms with Crippen LogP contribution in [0.15, 0.2) is 39.9 Å². The number of hydrogen-bond donors (Lipinski definition) is 3. The number of fused-ring (bicyclic) bond motifs is 1. The summed E-state index contributed by atoms with van der Waals surface area (Å²) >= 11 is 2.76. The highest BCUT2D eigenvalue weighted by molar-refractivity contribution is 8.01. The molecule has 4 aromatic rings. The van der Waals surface area contributed by atoms with E-state index in [4.69, 9.17) is 9.51 Å². The summed E-state index contributed by atoms with van der Waals surface area (Å²) in [5.41, 5.74) is 3.82. The number of rotatable bonds is 5. The predicted molar refractivity (Wildman–Crippen MR) is 122 cm³/mol. The van der Waals surface area contributed by atoms with E-state index in [2.05, 4.69) is 25.3 Å². The third-order valence-electron chi connectivity index (χ3n) is 5.98.